The Kier molecular flexibility index (Phi) is 6.86. The third-order valence-corrected chi connectivity index (χ3v) is 7.32. The first-order valence-electron chi connectivity index (χ1n) is 10.6. The Morgan fingerprint density at radius 2 is 1.73 bits per heavy atom. The van der Waals surface area contributed by atoms with E-state index in [-0.39, 0.29) is 22.3 Å². The Morgan fingerprint density at radius 3 is 2.40 bits per heavy atom. The molecule has 162 valence electrons. The largest absolute Gasteiger partial charge is 0.458 e. The summed E-state index contributed by atoms with van der Waals surface area (Å²) in [6.45, 7) is 8.39. The van der Waals surface area contributed by atoms with Gasteiger partial charge in [0.05, 0.1) is 16.1 Å². The number of nitrogens with one attached hydrogen (secondary N) is 1. The summed E-state index contributed by atoms with van der Waals surface area (Å²) < 4.78 is 34.1. The number of anilines is 1. The maximum Gasteiger partial charge on any atom is 0.340 e. The van der Waals surface area contributed by atoms with E-state index in [1.54, 1.807) is 48.5 Å². The van der Waals surface area contributed by atoms with Gasteiger partial charge in [0, 0.05) is 0 Å². The molecule has 6 heteroatoms. The van der Waals surface area contributed by atoms with Crippen molar-refractivity contribution >= 4 is 21.7 Å². The summed E-state index contributed by atoms with van der Waals surface area (Å²) in [6.07, 6.45) is 2.87. The molecule has 0 bridgehead atoms. The number of aryl methyl sites for hydroxylation is 1. The third-order valence-electron chi connectivity index (χ3n) is 5.94. The molecule has 1 saturated carbocycles. The van der Waals surface area contributed by atoms with Gasteiger partial charge in [-0.15, -0.1) is 0 Å². The predicted octanol–water partition coefficient (Wildman–Crippen LogP) is 5.41. The zero-order valence-electron chi connectivity index (χ0n) is 18.1. The summed E-state index contributed by atoms with van der Waals surface area (Å²) in [7, 11) is -3.81. The van der Waals surface area contributed by atoms with Crippen LogP contribution in [0, 0.1) is 24.7 Å². The van der Waals surface area contributed by atoms with Crippen LogP contribution in [0.1, 0.15) is 56.0 Å². The maximum absolute atomic E-state index is 13.0. The van der Waals surface area contributed by atoms with E-state index in [4.69, 9.17) is 4.74 Å². The molecule has 2 aromatic carbocycles. The van der Waals surface area contributed by atoms with Crippen LogP contribution in [0.2, 0.25) is 0 Å². The van der Waals surface area contributed by atoms with Crippen molar-refractivity contribution in [2.24, 2.45) is 17.8 Å². The van der Waals surface area contributed by atoms with E-state index in [1.165, 1.54) is 0 Å². The molecule has 1 fully saturated rings. The predicted molar refractivity (Wildman–Crippen MR) is 119 cm³/mol. The van der Waals surface area contributed by atoms with Crippen molar-refractivity contribution in [3.05, 3.63) is 59.7 Å². The number of ether oxygens (including phenoxy) is 1. The van der Waals surface area contributed by atoms with Crippen molar-refractivity contribution in [2.75, 3.05) is 4.72 Å². The molecule has 0 spiro atoms. The molecule has 30 heavy (non-hydrogen) atoms. The molecule has 0 aliphatic heterocycles. The molecule has 0 unspecified atom stereocenters. The van der Waals surface area contributed by atoms with Gasteiger partial charge in [-0.1, -0.05) is 57.0 Å². The van der Waals surface area contributed by atoms with Crippen LogP contribution < -0.4 is 4.72 Å². The standard InChI is InChI=1S/C24H31NO4S/c1-16(2)20-14-11-18(4)15-23(20)29-24(26)21-7-5-6-8-22(21)25-30(27,28)19-12-9-17(3)10-13-19/h5-10,12-13,16,18,20,23,25H,11,14-15H2,1-4H3/t18-,20-,23-/m1/s1. The van der Waals surface area contributed by atoms with Gasteiger partial charge in [0.1, 0.15) is 6.10 Å². The van der Waals surface area contributed by atoms with Crippen molar-refractivity contribution in [2.45, 2.75) is 58.0 Å². The number of para-hydroxylation sites is 1. The highest BCUT2D eigenvalue weighted by atomic mass is 32.2. The molecule has 2 aromatic rings. The molecule has 1 aliphatic rings. The van der Waals surface area contributed by atoms with E-state index >= 15 is 0 Å². The number of carbonyl (C=O) groups is 1. The fraction of sp³-hybridized carbons (Fsp3) is 0.458. The smallest absolute Gasteiger partial charge is 0.340 e. The Hall–Kier alpha value is -2.34. The zero-order chi connectivity index (χ0) is 21.9. The summed E-state index contributed by atoms with van der Waals surface area (Å²) in [5, 5.41) is 0. The second-order valence-electron chi connectivity index (χ2n) is 8.73. The average Bonchev–Trinajstić information content (AvgIpc) is 2.68. The van der Waals surface area contributed by atoms with Crippen LogP contribution in [0.25, 0.3) is 0 Å². The molecule has 3 rings (SSSR count). The lowest BCUT2D eigenvalue weighted by Gasteiger charge is -2.36. The lowest BCUT2D eigenvalue weighted by Crippen LogP contribution is -2.36. The van der Waals surface area contributed by atoms with E-state index in [1.807, 2.05) is 6.92 Å². The van der Waals surface area contributed by atoms with Gasteiger partial charge in [0.2, 0.25) is 0 Å². The van der Waals surface area contributed by atoms with E-state index in [2.05, 4.69) is 25.5 Å². The lowest BCUT2D eigenvalue weighted by atomic mass is 9.75. The highest BCUT2D eigenvalue weighted by molar-refractivity contribution is 7.92. The number of carbonyl (C=O) groups excluding carboxylic acids is 1. The van der Waals surface area contributed by atoms with Crippen LogP contribution in [0.15, 0.2) is 53.4 Å². The van der Waals surface area contributed by atoms with Crippen LogP contribution >= 0.6 is 0 Å². The summed E-state index contributed by atoms with van der Waals surface area (Å²) in [5.41, 5.74) is 1.43. The summed E-state index contributed by atoms with van der Waals surface area (Å²) in [6, 6.07) is 13.2. The normalized spacial score (nSPS) is 22.0. The van der Waals surface area contributed by atoms with Gasteiger partial charge in [0.25, 0.3) is 10.0 Å². The Morgan fingerprint density at radius 1 is 1.07 bits per heavy atom. The van der Waals surface area contributed by atoms with Crippen LogP contribution in [-0.2, 0) is 14.8 Å². The number of rotatable bonds is 6. The third kappa shape index (κ3) is 5.22. The highest BCUT2D eigenvalue weighted by Crippen LogP contribution is 2.36. The van der Waals surface area contributed by atoms with Crippen LogP contribution in [-0.4, -0.2) is 20.5 Å². The fourth-order valence-electron chi connectivity index (χ4n) is 4.12. The Balaban J connectivity index is 1.82. The first-order valence-corrected chi connectivity index (χ1v) is 12.0. The van der Waals surface area contributed by atoms with Crippen molar-refractivity contribution in [1.29, 1.82) is 0 Å². The summed E-state index contributed by atoms with van der Waals surface area (Å²) in [4.78, 5) is 13.2. The quantitative estimate of drug-likeness (QED) is 0.623. The molecule has 0 aromatic heterocycles. The minimum absolute atomic E-state index is 0.150. The second-order valence-corrected chi connectivity index (χ2v) is 10.4. The molecule has 1 N–H and O–H groups in total. The number of hydrogen-bond donors (Lipinski definition) is 1. The van der Waals surface area contributed by atoms with Crippen molar-refractivity contribution in [3.63, 3.8) is 0 Å². The lowest BCUT2D eigenvalue weighted by molar-refractivity contribution is -0.0173. The number of sulfonamides is 1. The highest BCUT2D eigenvalue weighted by Gasteiger charge is 2.34. The van der Waals surface area contributed by atoms with Crippen molar-refractivity contribution in [3.8, 4) is 0 Å². The van der Waals surface area contributed by atoms with E-state index < -0.39 is 16.0 Å². The van der Waals surface area contributed by atoms with Crippen molar-refractivity contribution < 1.29 is 17.9 Å². The molecule has 1 aliphatic carbocycles. The monoisotopic (exact) mass is 429 g/mol. The van der Waals surface area contributed by atoms with Gasteiger partial charge < -0.3 is 4.74 Å². The van der Waals surface area contributed by atoms with Gasteiger partial charge in [0.15, 0.2) is 0 Å². The van der Waals surface area contributed by atoms with E-state index in [0.29, 0.717) is 17.8 Å². The van der Waals surface area contributed by atoms with Gasteiger partial charge in [-0.3, -0.25) is 4.72 Å². The number of benzene rings is 2. The van der Waals surface area contributed by atoms with Crippen LogP contribution in [0.5, 0.6) is 0 Å². The number of hydrogen-bond acceptors (Lipinski definition) is 4. The fourth-order valence-corrected chi connectivity index (χ4v) is 5.20. The first kappa shape index (κ1) is 22.3. The summed E-state index contributed by atoms with van der Waals surface area (Å²) in [5.74, 6) is 0.766. The molecule has 5 nitrogen and oxygen atoms in total. The minimum atomic E-state index is -3.81. The maximum atomic E-state index is 13.0. The zero-order valence-corrected chi connectivity index (χ0v) is 18.9. The van der Waals surface area contributed by atoms with Crippen LogP contribution in [0.4, 0.5) is 5.69 Å². The molecule has 0 heterocycles. The van der Waals surface area contributed by atoms with Gasteiger partial charge in [-0.05, 0) is 61.8 Å². The summed E-state index contributed by atoms with van der Waals surface area (Å²) >= 11 is 0. The van der Waals surface area contributed by atoms with E-state index in [0.717, 1.165) is 24.8 Å². The van der Waals surface area contributed by atoms with Crippen molar-refractivity contribution in [1.82, 2.24) is 0 Å². The topological polar surface area (TPSA) is 72.5 Å². The molecule has 3 atom stereocenters. The van der Waals surface area contributed by atoms with E-state index in [9.17, 15) is 13.2 Å². The van der Waals surface area contributed by atoms with Gasteiger partial charge in [-0.2, -0.15) is 0 Å². The molecular weight excluding hydrogens is 398 g/mol. The molecule has 0 amide bonds. The van der Waals surface area contributed by atoms with Gasteiger partial charge >= 0.3 is 5.97 Å². The molecule has 0 radical (unpaired) electrons. The SMILES string of the molecule is Cc1ccc(S(=O)(=O)Nc2ccccc2C(=O)O[C@@H]2C[C@H](C)CC[C@@H]2C(C)C)cc1. The Bertz CT molecular complexity index is 983. The first-order chi connectivity index (χ1) is 14.2. The molecular formula is C24H31NO4S. The van der Waals surface area contributed by atoms with Gasteiger partial charge in [-0.25, -0.2) is 13.2 Å². The van der Waals surface area contributed by atoms with Crippen LogP contribution in [0.3, 0.4) is 0 Å². The minimum Gasteiger partial charge on any atom is -0.458 e. The number of esters is 1. The second kappa shape index (κ2) is 9.21. The average molecular weight is 430 g/mol. The molecule has 0 saturated heterocycles. The Labute approximate surface area is 179 Å².